The Balaban J connectivity index is 1.04. The number of carbonyl (C=O) groups is 2. The van der Waals surface area contributed by atoms with Crippen LogP contribution in [0.15, 0.2) is 48.5 Å². The highest BCUT2D eigenvalue weighted by Crippen LogP contribution is 2.31. The minimum Gasteiger partial charge on any atom is -0.485 e. The Kier molecular flexibility index (Phi) is 7.46. The summed E-state index contributed by atoms with van der Waals surface area (Å²) >= 11 is 0. The molecule has 3 heterocycles. The number of benzene rings is 2. The highest BCUT2D eigenvalue weighted by atomic mass is 16.6. The molecule has 0 unspecified atom stereocenters. The Bertz CT molecular complexity index is 1020. The maximum Gasteiger partial charge on any atom is 0.267 e. The van der Waals surface area contributed by atoms with Crippen molar-refractivity contribution in [2.24, 2.45) is 0 Å². The third-order valence-corrected chi connectivity index (χ3v) is 6.58. The molecule has 3 aliphatic heterocycles. The van der Waals surface area contributed by atoms with Crippen LogP contribution in [0.3, 0.4) is 0 Å². The summed E-state index contributed by atoms with van der Waals surface area (Å²) in [6.07, 6.45) is -0.633. The lowest BCUT2D eigenvalue weighted by Crippen LogP contribution is -2.54. The molecule has 5 rings (SSSR count). The number of hydrogen-bond acceptors (Lipinski definition) is 7. The molecule has 35 heavy (non-hydrogen) atoms. The fourth-order valence-electron chi connectivity index (χ4n) is 4.59. The number of nitrogens with zero attached hydrogens (tertiary/aromatic N) is 3. The van der Waals surface area contributed by atoms with Gasteiger partial charge in [-0.25, -0.2) is 0 Å². The van der Waals surface area contributed by atoms with Gasteiger partial charge < -0.3 is 24.4 Å². The van der Waals surface area contributed by atoms with Crippen LogP contribution in [-0.4, -0.2) is 98.3 Å². The minimum absolute atomic E-state index is 0.0497. The molecule has 0 radical (unpaired) electrons. The van der Waals surface area contributed by atoms with Crippen molar-refractivity contribution in [2.45, 2.75) is 12.6 Å². The fraction of sp³-hybridized carbons (Fsp3) is 0.462. The number of rotatable bonds is 6. The first-order chi connectivity index (χ1) is 17.1. The predicted octanol–water partition coefficient (Wildman–Crippen LogP) is 1.44. The summed E-state index contributed by atoms with van der Waals surface area (Å²) < 4.78 is 16.9. The van der Waals surface area contributed by atoms with E-state index in [9.17, 15) is 9.59 Å². The maximum absolute atomic E-state index is 12.9. The largest absolute Gasteiger partial charge is 0.485 e. The van der Waals surface area contributed by atoms with Crippen LogP contribution in [0.1, 0.15) is 5.56 Å². The smallest absolute Gasteiger partial charge is 0.267 e. The molecule has 1 N–H and O–H groups in total. The van der Waals surface area contributed by atoms with Crippen LogP contribution >= 0.6 is 0 Å². The van der Waals surface area contributed by atoms with E-state index >= 15 is 0 Å². The van der Waals surface area contributed by atoms with Gasteiger partial charge in [0.15, 0.2) is 11.5 Å². The number of hydrogen-bond donors (Lipinski definition) is 1. The molecule has 2 aromatic carbocycles. The fourth-order valence-corrected chi connectivity index (χ4v) is 4.59. The Morgan fingerprint density at radius 3 is 2.31 bits per heavy atom. The lowest BCUT2D eigenvalue weighted by atomic mass is 10.2. The molecular weight excluding hydrogens is 448 g/mol. The molecule has 2 amide bonds. The molecule has 2 fully saturated rings. The zero-order valence-electron chi connectivity index (χ0n) is 19.9. The van der Waals surface area contributed by atoms with E-state index in [1.165, 1.54) is 5.56 Å². The number of ether oxygens (including phenoxy) is 3. The standard InChI is InChI=1S/C26H32N4O5/c31-25(27-21-7-5-20(6-8-21)17-29-13-15-33-16-14-29)18-28-9-11-30(12-10-28)26(32)24-19-34-22-3-1-2-4-23(22)35-24/h1-8,24H,9-19H2,(H,27,31)/t24-/m1/s1. The van der Waals surface area contributed by atoms with Crippen LogP contribution in [-0.2, 0) is 20.9 Å². The number of anilines is 1. The van der Waals surface area contributed by atoms with Crippen LogP contribution in [0.2, 0.25) is 0 Å². The van der Waals surface area contributed by atoms with Crippen molar-refractivity contribution in [3.63, 3.8) is 0 Å². The van der Waals surface area contributed by atoms with Gasteiger partial charge in [0.05, 0.1) is 19.8 Å². The molecule has 9 heteroatoms. The third-order valence-electron chi connectivity index (χ3n) is 6.58. The number of fused-ring (bicyclic) bond motifs is 1. The number of morpholine rings is 1. The highest BCUT2D eigenvalue weighted by molar-refractivity contribution is 5.92. The lowest BCUT2D eigenvalue weighted by molar-refractivity contribution is -0.143. The van der Waals surface area contributed by atoms with Crippen molar-refractivity contribution in [2.75, 3.05) is 71.0 Å². The van der Waals surface area contributed by atoms with Crippen molar-refractivity contribution in [3.05, 3.63) is 54.1 Å². The predicted molar refractivity (Wildman–Crippen MR) is 131 cm³/mol. The monoisotopic (exact) mass is 480 g/mol. The topological polar surface area (TPSA) is 83.6 Å². The summed E-state index contributed by atoms with van der Waals surface area (Å²) in [5.41, 5.74) is 2.02. The zero-order valence-corrected chi connectivity index (χ0v) is 19.9. The average molecular weight is 481 g/mol. The van der Waals surface area contributed by atoms with Gasteiger partial charge in [-0.1, -0.05) is 24.3 Å². The van der Waals surface area contributed by atoms with Gasteiger partial charge in [0, 0.05) is 51.5 Å². The Hall–Kier alpha value is -3.14. The summed E-state index contributed by atoms with van der Waals surface area (Å²) in [5.74, 6) is 1.15. The molecule has 2 saturated heterocycles. The molecule has 0 saturated carbocycles. The maximum atomic E-state index is 12.9. The van der Waals surface area contributed by atoms with E-state index in [0.717, 1.165) is 38.5 Å². The number of piperazine rings is 1. The van der Waals surface area contributed by atoms with Gasteiger partial charge in [0.2, 0.25) is 12.0 Å². The molecule has 9 nitrogen and oxygen atoms in total. The highest BCUT2D eigenvalue weighted by Gasteiger charge is 2.32. The quantitative estimate of drug-likeness (QED) is 0.670. The van der Waals surface area contributed by atoms with Crippen molar-refractivity contribution >= 4 is 17.5 Å². The molecule has 3 aliphatic rings. The second-order valence-corrected chi connectivity index (χ2v) is 9.10. The number of nitrogens with one attached hydrogen (secondary N) is 1. The van der Waals surface area contributed by atoms with Crippen LogP contribution in [0.4, 0.5) is 5.69 Å². The molecule has 0 bridgehead atoms. The van der Waals surface area contributed by atoms with Crippen LogP contribution in [0.25, 0.3) is 0 Å². The molecular formula is C26H32N4O5. The second-order valence-electron chi connectivity index (χ2n) is 9.10. The van der Waals surface area contributed by atoms with Crippen molar-refractivity contribution in [1.82, 2.24) is 14.7 Å². The van der Waals surface area contributed by atoms with E-state index < -0.39 is 6.10 Å². The number of amides is 2. The van der Waals surface area contributed by atoms with Crippen LogP contribution in [0.5, 0.6) is 11.5 Å². The number of carbonyl (C=O) groups excluding carboxylic acids is 2. The Labute approximate surface area is 205 Å². The molecule has 0 aliphatic carbocycles. The average Bonchev–Trinajstić information content (AvgIpc) is 2.90. The molecule has 2 aromatic rings. The lowest BCUT2D eigenvalue weighted by Gasteiger charge is -2.36. The van der Waals surface area contributed by atoms with E-state index in [2.05, 4.69) is 27.2 Å². The Morgan fingerprint density at radius 2 is 1.57 bits per heavy atom. The Morgan fingerprint density at radius 1 is 0.857 bits per heavy atom. The summed E-state index contributed by atoms with van der Waals surface area (Å²) in [4.78, 5) is 31.7. The van der Waals surface area contributed by atoms with Gasteiger partial charge >= 0.3 is 0 Å². The van der Waals surface area contributed by atoms with Gasteiger partial charge in [-0.15, -0.1) is 0 Å². The van der Waals surface area contributed by atoms with Crippen LogP contribution < -0.4 is 14.8 Å². The van der Waals surface area contributed by atoms with E-state index in [1.54, 1.807) is 4.90 Å². The van der Waals surface area contributed by atoms with Crippen LogP contribution in [0, 0.1) is 0 Å². The summed E-state index contributed by atoms with van der Waals surface area (Å²) in [6.45, 7) is 7.28. The molecule has 0 spiro atoms. The normalized spacial score (nSPS) is 20.9. The first-order valence-electron chi connectivity index (χ1n) is 12.2. The summed E-state index contributed by atoms with van der Waals surface area (Å²) in [6, 6.07) is 15.4. The molecule has 0 aromatic heterocycles. The van der Waals surface area contributed by atoms with Gasteiger partial charge in [0.1, 0.15) is 6.61 Å². The second kappa shape index (κ2) is 11.1. The first kappa shape index (κ1) is 23.6. The first-order valence-corrected chi connectivity index (χ1v) is 12.2. The zero-order chi connectivity index (χ0) is 24.0. The van der Waals surface area contributed by atoms with Gasteiger partial charge in [-0.3, -0.25) is 19.4 Å². The van der Waals surface area contributed by atoms with Gasteiger partial charge in [-0.05, 0) is 29.8 Å². The number of para-hydroxylation sites is 2. The molecule has 1 atom stereocenters. The van der Waals surface area contributed by atoms with E-state index in [-0.39, 0.29) is 18.4 Å². The summed E-state index contributed by atoms with van der Waals surface area (Å²) in [7, 11) is 0. The van der Waals surface area contributed by atoms with Crippen molar-refractivity contribution in [1.29, 1.82) is 0 Å². The van der Waals surface area contributed by atoms with Crippen molar-refractivity contribution in [3.8, 4) is 11.5 Å². The minimum atomic E-state index is -0.633. The van der Waals surface area contributed by atoms with E-state index in [0.29, 0.717) is 44.2 Å². The molecule has 186 valence electrons. The van der Waals surface area contributed by atoms with Gasteiger partial charge in [0.25, 0.3) is 5.91 Å². The summed E-state index contributed by atoms with van der Waals surface area (Å²) in [5, 5.41) is 2.98. The van der Waals surface area contributed by atoms with E-state index in [4.69, 9.17) is 14.2 Å². The van der Waals surface area contributed by atoms with Crippen molar-refractivity contribution < 1.29 is 23.8 Å². The van der Waals surface area contributed by atoms with Gasteiger partial charge in [-0.2, -0.15) is 0 Å². The SMILES string of the molecule is O=C(CN1CCN(C(=O)[C@H]2COc3ccccc3O2)CC1)Nc1ccc(CN2CCOCC2)cc1. The third kappa shape index (κ3) is 6.11. The van der Waals surface area contributed by atoms with E-state index in [1.807, 2.05) is 36.4 Å².